The van der Waals surface area contributed by atoms with Crippen molar-refractivity contribution in [1.29, 1.82) is 0 Å². The van der Waals surface area contributed by atoms with Crippen LogP contribution in [0.4, 0.5) is 17.1 Å². The van der Waals surface area contributed by atoms with E-state index in [0.717, 1.165) is 17.1 Å². The van der Waals surface area contributed by atoms with Crippen molar-refractivity contribution < 1.29 is 0 Å². The van der Waals surface area contributed by atoms with Crippen LogP contribution in [-0.2, 0) is 5.41 Å². The Labute approximate surface area is 304 Å². The van der Waals surface area contributed by atoms with Gasteiger partial charge in [-0.15, -0.1) is 0 Å². The second-order valence-corrected chi connectivity index (χ2v) is 13.9. The molecule has 0 N–H and O–H groups in total. The lowest BCUT2D eigenvalue weighted by Gasteiger charge is -2.31. The first-order valence-corrected chi connectivity index (χ1v) is 18.0. The molecule has 0 saturated heterocycles. The maximum absolute atomic E-state index is 2.39. The van der Waals surface area contributed by atoms with Gasteiger partial charge in [-0.3, -0.25) is 0 Å². The topological polar surface area (TPSA) is 8.17 Å². The van der Waals surface area contributed by atoms with Crippen LogP contribution in [0.15, 0.2) is 200 Å². The average Bonchev–Trinajstić information content (AvgIpc) is 3.69. The third-order valence-electron chi connectivity index (χ3n) is 11.1. The molecule has 0 fully saturated rings. The van der Waals surface area contributed by atoms with Crippen LogP contribution >= 0.6 is 0 Å². The molecule has 0 saturated carbocycles. The van der Waals surface area contributed by atoms with Crippen LogP contribution in [0.25, 0.3) is 49.7 Å². The van der Waals surface area contributed by atoms with Crippen molar-refractivity contribution in [3.8, 4) is 27.9 Å². The van der Waals surface area contributed by atoms with Gasteiger partial charge in [0.25, 0.3) is 0 Å². The molecule has 0 spiro atoms. The van der Waals surface area contributed by atoms with E-state index in [9.17, 15) is 0 Å². The number of rotatable bonds is 6. The summed E-state index contributed by atoms with van der Waals surface area (Å²) in [6.45, 7) is 2.38. The molecule has 2 nitrogen and oxygen atoms in total. The first-order chi connectivity index (χ1) is 25.7. The zero-order valence-corrected chi connectivity index (χ0v) is 28.9. The van der Waals surface area contributed by atoms with Gasteiger partial charge in [-0.2, -0.15) is 0 Å². The lowest BCUT2D eigenvalue weighted by atomic mass is 9.74. The molecule has 52 heavy (non-hydrogen) atoms. The van der Waals surface area contributed by atoms with Crippen LogP contribution in [0, 0.1) is 0 Å². The summed E-state index contributed by atoms with van der Waals surface area (Å²) >= 11 is 0. The van der Waals surface area contributed by atoms with Gasteiger partial charge in [0, 0.05) is 38.9 Å². The second kappa shape index (κ2) is 12.0. The summed E-state index contributed by atoms with van der Waals surface area (Å²) in [6.07, 6.45) is 0. The zero-order chi connectivity index (χ0) is 34.6. The van der Waals surface area contributed by atoms with Gasteiger partial charge in [0.05, 0.1) is 11.0 Å². The Hall–Kier alpha value is -6.64. The predicted octanol–water partition coefficient (Wildman–Crippen LogP) is 13.3. The van der Waals surface area contributed by atoms with Crippen molar-refractivity contribution in [3.63, 3.8) is 0 Å². The number of fused-ring (bicyclic) bond motifs is 6. The molecule has 0 atom stereocenters. The maximum atomic E-state index is 2.39. The van der Waals surface area contributed by atoms with E-state index in [0.29, 0.717) is 0 Å². The van der Waals surface area contributed by atoms with Crippen molar-refractivity contribution >= 4 is 38.9 Å². The zero-order valence-electron chi connectivity index (χ0n) is 28.9. The van der Waals surface area contributed by atoms with Gasteiger partial charge in [0.1, 0.15) is 0 Å². The first kappa shape index (κ1) is 30.2. The third kappa shape index (κ3) is 4.65. The molecule has 0 aliphatic heterocycles. The number of aromatic nitrogens is 1. The molecule has 10 rings (SSSR count). The Balaban J connectivity index is 1.06. The second-order valence-electron chi connectivity index (χ2n) is 13.9. The smallest absolute Gasteiger partial charge is 0.0541 e. The van der Waals surface area contributed by atoms with E-state index in [4.69, 9.17) is 0 Å². The minimum Gasteiger partial charge on any atom is -0.310 e. The summed E-state index contributed by atoms with van der Waals surface area (Å²) in [5.74, 6) is 0. The summed E-state index contributed by atoms with van der Waals surface area (Å²) in [5, 5.41) is 2.52. The predicted molar refractivity (Wildman–Crippen MR) is 218 cm³/mol. The largest absolute Gasteiger partial charge is 0.310 e. The first-order valence-electron chi connectivity index (χ1n) is 18.0. The Morgan fingerprint density at radius 1 is 0.404 bits per heavy atom. The third-order valence-corrected chi connectivity index (χ3v) is 11.1. The highest BCUT2D eigenvalue weighted by Gasteiger charge is 2.40. The maximum Gasteiger partial charge on any atom is 0.0541 e. The average molecular weight is 665 g/mol. The monoisotopic (exact) mass is 664 g/mol. The molecule has 0 unspecified atom stereocenters. The van der Waals surface area contributed by atoms with E-state index in [2.05, 4.69) is 217 Å². The quantitative estimate of drug-likeness (QED) is 0.172. The summed E-state index contributed by atoms with van der Waals surface area (Å²) in [4.78, 5) is 2.38. The molecule has 1 aromatic heterocycles. The summed E-state index contributed by atoms with van der Waals surface area (Å²) in [7, 11) is 0. The van der Waals surface area contributed by atoms with Crippen molar-refractivity contribution in [3.05, 3.63) is 217 Å². The highest BCUT2D eigenvalue weighted by atomic mass is 15.1. The SMILES string of the molecule is CC1(c2cccc(N(c3ccccc3)c3ccc(-c4ccc5c(c4)c4ccccc4n5-c4ccccc4)cc3)c2)c2ccccc2-c2ccccc21. The molecular formula is C50H36N2. The summed E-state index contributed by atoms with van der Waals surface area (Å²) < 4.78 is 2.37. The van der Waals surface area contributed by atoms with Crippen molar-refractivity contribution in [2.45, 2.75) is 12.3 Å². The Bertz CT molecular complexity index is 2690. The van der Waals surface area contributed by atoms with Crippen LogP contribution in [0.3, 0.4) is 0 Å². The minimum atomic E-state index is -0.266. The lowest BCUT2D eigenvalue weighted by molar-refractivity contribution is 0.714. The highest BCUT2D eigenvalue weighted by Crippen LogP contribution is 2.53. The normalized spacial score (nSPS) is 12.9. The molecule has 1 aliphatic carbocycles. The number of para-hydroxylation sites is 3. The van der Waals surface area contributed by atoms with E-state index in [1.807, 2.05) is 0 Å². The van der Waals surface area contributed by atoms with Gasteiger partial charge in [-0.25, -0.2) is 0 Å². The minimum absolute atomic E-state index is 0.266. The molecule has 1 heterocycles. The fourth-order valence-electron chi connectivity index (χ4n) is 8.56. The number of benzene rings is 8. The highest BCUT2D eigenvalue weighted by molar-refractivity contribution is 6.10. The van der Waals surface area contributed by atoms with Gasteiger partial charge in [0.2, 0.25) is 0 Å². The summed E-state index contributed by atoms with van der Waals surface area (Å²) in [6, 6.07) is 72.9. The Morgan fingerprint density at radius 3 is 1.69 bits per heavy atom. The van der Waals surface area contributed by atoms with Gasteiger partial charge < -0.3 is 9.47 Å². The lowest BCUT2D eigenvalue weighted by Crippen LogP contribution is -2.23. The van der Waals surface area contributed by atoms with Crippen LogP contribution in [0.5, 0.6) is 0 Å². The van der Waals surface area contributed by atoms with Crippen molar-refractivity contribution in [1.82, 2.24) is 4.57 Å². The van der Waals surface area contributed by atoms with Crippen molar-refractivity contribution in [2.75, 3.05) is 4.90 Å². The van der Waals surface area contributed by atoms with Crippen molar-refractivity contribution in [2.24, 2.45) is 0 Å². The van der Waals surface area contributed by atoms with E-state index < -0.39 is 0 Å². The van der Waals surface area contributed by atoms with E-state index >= 15 is 0 Å². The van der Waals surface area contributed by atoms with E-state index in [1.54, 1.807) is 0 Å². The Morgan fingerprint density at radius 2 is 0.962 bits per heavy atom. The van der Waals surface area contributed by atoms with E-state index in [-0.39, 0.29) is 5.41 Å². The standard InChI is InChI=1S/C50H36N2/c1-50(46-24-11-8-21-42(46)43-22-9-12-25-47(43)50)37-15-14-20-41(34-37)51(38-16-4-2-5-17-38)40-30-27-35(28-31-40)36-29-32-49-45(33-36)44-23-10-13-26-48(44)52(49)39-18-6-3-7-19-39/h2-34H,1H3. The van der Waals surface area contributed by atoms with Crippen LogP contribution in [0.2, 0.25) is 0 Å². The van der Waals surface area contributed by atoms with Crippen LogP contribution < -0.4 is 4.90 Å². The molecule has 0 amide bonds. The van der Waals surface area contributed by atoms with E-state index in [1.165, 1.54) is 66.4 Å². The number of nitrogens with zero attached hydrogens (tertiary/aromatic N) is 2. The van der Waals surface area contributed by atoms with Crippen LogP contribution in [0.1, 0.15) is 23.6 Å². The number of hydrogen-bond acceptors (Lipinski definition) is 1. The molecule has 246 valence electrons. The Kier molecular flexibility index (Phi) is 6.97. The molecule has 2 heteroatoms. The van der Waals surface area contributed by atoms with Gasteiger partial charge in [-0.05, 0) is 113 Å². The fraction of sp³-hybridized carbons (Fsp3) is 0.0400. The molecule has 0 bridgehead atoms. The molecule has 1 aliphatic rings. The number of anilines is 3. The van der Waals surface area contributed by atoms with Gasteiger partial charge in [-0.1, -0.05) is 133 Å². The molecule has 8 aromatic carbocycles. The molecule has 9 aromatic rings. The molecular weight excluding hydrogens is 629 g/mol. The molecule has 0 radical (unpaired) electrons. The fourth-order valence-corrected chi connectivity index (χ4v) is 8.56. The van der Waals surface area contributed by atoms with Crippen LogP contribution in [-0.4, -0.2) is 4.57 Å². The van der Waals surface area contributed by atoms with Gasteiger partial charge >= 0.3 is 0 Å². The summed E-state index contributed by atoms with van der Waals surface area (Å²) in [5.41, 5.74) is 15.7. The van der Waals surface area contributed by atoms with Gasteiger partial charge in [0.15, 0.2) is 0 Å². The number of hydrogen-bond donors (Lipinski definition) is 0.